The lowest BCUT2D eigenvalue weighted by Gasteiger charge is -2.24. The zero-order valence-electron chi connectivity index (χ0n) is 16.4. The van der Waals surface area contributed by atoms with Crippen LogP contribution in [0.25, 0.3) is 11.1 Å². The van der Waals surface area contributed by atoms with Gasteiger partial charge in [-0.3, -0.25) is 9.59 Å². The summed E-state index contributed by atoms with van der Waals surface area (Å²) < 4.78 is 0. The van der Waals surface area contributed by atoms with Crippen LogP contribution >= 0.6 is 0 Å². The summed E-state index contributed by atoms with van der Waals surface area (Å²) in [6.45, 7) is 4.33. The molecule has 1 N–H and O–H groups in total. The first kappa shape index (κ1) is 19.6. The average Bonchev–Trinajstić information content (AvgIpc) is 3.09. The van der Waals surface area contributed by atoms with Crippen molar-refractivity contribution in [2.24, 2.45) is 5.16 Å². The minimum Gasteiger partial charge on any atom is -0.399 e. The van der Waals surface area contributed by atoms with Crippen LogP contribution in [-0.4, -0.2) is 48.7 Å². The maximum absolute atomic E-state index is 13.1. The molecule has 2 aromatic carbocycles. The fraction of sp³-hybridized carbons (Fsp3) is 0.318. The van der Waals surface area contributed by atoms with Gasteiger partial charge in [-0.05, 0) is 35.7 Å². The quantitative estimate of drug-likeness (QED) is 0.812. The number of oxime groups is 1. The first-order valence-electron chi connectivity index (χ1n) is 9.30. The maximum Gasteiger partial charge on any atom is 0.254 e. The molecule has 1 aliphatic heterocycles. The maximum atomic E-state index is 13.1. The Morgan fingerprint density at radius 3 is 2.54 bits per heavy atom. The monoisotopic (exact) mass is 379 g/mol. The molecule has 0 spiro atoms. The van der Waals surface area contributed by atoms with Gasteiger partial charge in [-0.15, -0.1) is 0 Å². The van der Waals surface area contributed by atoms with E-state index in [0.29, 0.717) is 25.1 Å². The zero-order valence-corrected chi connectivity index (χ0v) is 16.4. The minimum atomic E-state index is -0.138. The van der Waals surface area contributed by atoms with Crippen LogP contribution in [0, 0.1) is 6.92 Å². The normalized spacial score (nSPS) is 17.6. The number of amides is 2. The van der Waals surface area contributed by atoms with Crippen LogP contribution in [0.2, 0.25) is 0 Å². The van der Waals surface area contributed by atoms with Crippen molar-refractivity contribution in [3.8, 4) is 11.1 Å². The van der Waals surface area contributed by atoms with E-state index in [0.717, 1.165) is 16.8 Å². The van der Waals surface area contributed by atoms with Crippen molar-refractivity contribution in [1.29, 1.82) is 0 Å². The first-order valence-corrected chi connectivity index (χ1v) is 9.30. The van der Waals surface area contributed by atoms with Crippen LogP contribution < -0.4 is 5.32 Å². The molecule has 1 aliphatic rings. The van der Waals surface area contributed by atoms with E-state index in [9.17, 15) is 9.59 Å². The molecule has 1 unspecified atom stereocenters. The van der Waals surface area contributed by atoms with Crippen molar-refractivity contribution in [2.75, 3.05) is 20.2 Å². The molecule has 2 amide bonds. The van der Waals surface area contributed by atoms with E-state index in [1.807, 2.05) is 36.4 Å². The SMILES string of the molecule is CO/N=C1/CC(CNC(C)=O)N(C(=O)c2ccc(-c3ccccc3C)cc2)C1. The number of aryl methyl sites for hydroxylation is 1. The predicted molar refractivity (Wildman–Crippen MR) is 109 cm³/mol. The van der Waals surface area contributed by atoms with Gasteiger partial charge in [0.2, 0.25) is 5.91 Å². The number of carbonyl (C=O) groups is 2. The first-order chi connectivity index (χ1) is 13.5. The molecule has 0 bridgehead atoms. The van der Waals surface area contributed by atoms with Crippen LogP contribution in [0.4, 0.5) is 0 Å². The zero-order chi connectivity index (χ0) is 20.1. The van der Waals surface area contributed by atoms with Gasteiger partial charge in [0.25, 0.3) is 5.91 Å². The predicted octanol–water partition coefficient (Wildman–Crippen LogP) is 3.02. The highest BCUT2D eigenvalue weighted by Crippen LogP contribution is 2.25. The van der Waals surface area contributed by atoms with E-state index in [-0.39, 0.29) is 17.9 Å². The van der Waals surface area contributed by atoms with E-state index >= 15 is 0 Å². The van der Waals surface area contributed by atoms with Gasteiger partial charge in [0.15, 0.2) is 0 Å². The van der Waals surface area contributed by atoms with Gasteiger partial charge < -0.3 is 15.1 Å². The molecule has 0 radical (unpaired) electrons. The van der Waals surface area contributed by atoms with Gasteiger partial charge in [0, 0.05) is 25.5 Å². The van der Waals surface area contributed by atoms with E-state index in [2.05, 4.69) is 29.5 Å². The summed E-state index contributed by atoms with van der Waals surface area (Å²) >= 11 is 0. The van der Waals surface area contributed by atoms with Gasteiger partial charge in [0.05, 0.1) is 18.3 Å². The van der Waals surface area contributed by atoms with Crippen molar-refractivity contribution in [1.82, 2.24) is 10.2 Å². The number of nitrogens with one attached hydrogen (secondary N) is 1. The Morgan fingerprint density at radius 2 is 1.89 bits per heavy atom. The second kappa shape index (κ2) is 8.69. The molecule has 6 nitrogen and oxygen atoms in total. The van der Waals surface area contributed by atoms with Crippen molar-refractivity contribution in [2.45, 2.75) is 26.3 Å². The Labute approximate surface area is 165 Å². The van der Waals surface area contributed by atoms with Crippen molar-refractivity contribution in [3.05, 3.63) is 59.7 Å². The molecule has 0 aromatic heterocycles. The molecule has 1 heterocycles. The molecule has 28 heavy (non-hydrogen) atoms. The van der Waals surface area contributed by atoms with E-state index < -0.39 is 0 Å². The lowest BCUT2D eigenvalue weighted by atomic mass is 9.99. The summed E-state index contributed by atoms with van der Waals surface area (Å²) in [6, 6.07) is 15.7. The number of nitrogens with zero attached hydrogens (tertiary/aromatic N) is 2. The number of likely N-dealkylation sites (tertiary alicyclic amines) is 1. The fourth-order valence-corrected chi connectivity index (χ4v) is 3.50. The summed E-state index contributed by atoms with van der Waals surface area (Å²) in [5.74, 6) is -0.194. The van der Waals surface area contributed by atoms with Crippen LogP contribution in [0.1, 0.15) is 29.3 Å². The molecule has 1 saturated heterocycles. The van der Waals surface area contributed by atoms with Crippen molar-refractivity contribution >= 4 is 17.5 Å². The highest BCUT2D eigenvalue weighted by molar-refractivity contribution is 6.00. The summed E-state index contributed by atoms with van der Waals surface area (Å²) in [5.41, 5.74) is 4.83. The standard InChI is InChI=1S/C22H25N3O3/c1-15-6-4-5-7-21(15)17-8-10-18(11-9-17)22(27)25-14-19(24-28-3)12-20(25)13-23-16(2)26/h4-11,20H,12-14H2,1-3H3,(H,23,26)/b24-19-. The Kier molecular flexibility index (Phi) is 6.09. The van der Waals surface area contributed by atoms with Gasteiger partial charge in [0.1, 0.15) is 7.11 Å². The smallest absolute Gasteiger partial charge is 0.254 e. The lowest BCUT2D eigenvalue weighted by molar-refractivity contribution is -0.119. The number of hydrogen-bond donors (Lipinski definition) is 1. The summed E-state index contributed by atoms with van der Waals surface area (Å²) in [5, 5.41) is 6.80. The van der Waals surface area contributed by atoms with Crippen LogP contribution in [-0.2, 0) is 9.63 Å². The fourth-order valence-electron chi connectivity index (χ4n) is 3.50. The summed E-state index contributed by atoms with van der Waals surface area (Å²) in [4.78, 5) is 31.0. The van der Waals surface area contributed by atoms with E-state index in [1.54, 1.807) is 4.90 Å². The molecule has 3 rings (SSSR count). The highest BCUT2D eigenvalue weighted by Gasteiger charge is 2.33. The van der Waals surface area contributed by atoms with E-state index in [1.165, 1.54) is 19.6 Å². The Balaban J connectivity index is 1.80. The minimum absolute atomic E-state index is 0.0759. The highest BCUT2D eigenvalue weighted by atomic mass is 16.6. The Morgan fingerprint density at radius 1 is 1.18 bits per heavy atom. The molecule has 146 valence electrons. The third-order valence-electron chi connectivity index (χ3n) is 4.92. The molecule has 6 heteroatoms. The van der Waals surface area contributed by atoms with Gasteiger partial charge in [-0.25, -0.2) is 0 Å². The average molecular weight is 379 g/mol. The van der Waals surface area contributed by atoms with E-state index in [4.69, 9.17) is 4.84 Å². The summed E-state index contributed by atoms with van der Waals surface area (Å²) in [7, 11) is 1.49. The second-order valence-electron chi connectivity index (χ2n) is 6.96. The third kappa shape index (κ3) is 4.39. The van der Waals surface area contributed by atoms with Crippen LogP contribution in [0.3, 0.4) is 0 Å². The largest absolute Gasteiger partial charge is 0.399 e. The Bertz CT molecular complexity index is 890. The number of benzene rings is 2. The number of hydrogen-bond acceptors (Lipinski definition) is 4. The molecule has 1 atom stereocenters. The molecular formula is C22H25N3O3. The Hall–Kier alpha value is -3.15. The topological polar surface area (TPSA) is 71.0 Å². The molecule has 1 fully saturated rings. The third-order valence-corrected chi connectivity index (χ3v) is 4.92. The lowest BCUT2D eigenvalue weighted by Crippen LogP contribution is -2.42. The van der Waals surface area contributed by atoms with Gasteiger partial charge in [-0.1, -0.05) is 41.6 Å². The second-order valence-corrected chi connectivity index (χ2v) is 6.96. The molecule has 2 aromatic rings. The summed E-state index contributed by atoms with van der Waals surface area (Å²) in [6.07, 6.45) is 0.584. The molecule has 0 saturated carbocycles. The number of carbonyl (C=O) groups excluding carboxylic acids is 2. The van der Waals surface area contributed by atoms with Crippen molar-refractivity contribution in [3.63, 3.8) is 0 Å². The molecule has 0 aliphatic carbocycles. The van der Waals surface area contributed by atoms with Gasteiger partial charge >= 0.3 is 0 Å². The molecular weight excluding hydrogens is 354 g/mol. The van der Waals surface area contributed by atoms with Gasteiger partial charge in [-0.2, -0.15) is 0 Å². The van der Waals surface area contributed by atoms with Crippen LogP contribution in [0.15, 0.2) is 53.7 Å². The van der Waals surface area contributed by atoms with Crippen LogP contribution in [0.5, 0.6) is 0 Å². The van der Waals surface area contributed by atoms with Crippen molar-refractivity contribution < 1.29 is 14.4 Å². The number of rotatable bonds is 5.